The van der Waals surface area contributed by atoms with E-state index in [0.717, 1.165) is 36.4 Å². The molecular formula is C24H26N4O3S. The zero-order valence-electron chi connectivity index (χ0n) is 18.1. The van der Waals surface area contributed by atoms with Crippen LogP contribution in [0, 0.1) is 0 Å². The smallest absolute Gasteiger partial charge is 0.257 e. The van der Waals surface area contributed by atoms with E-state index in [9.17, 15) is 9.59 Å². The van der Waals surface area contributed by atoms with Crippen molar-refractivity contribution < 1.29 is 14.1 Å². The van der Waals surface area contributed by atoms with Gasteiger partial charge in [0.1, 0.15) is 0 Å². The fourth-order valence-corrected chi connectivity index (χ4v) is 4.36. The van der Waals surface area contributed by atoms with Gasteiger partial charge in [0.25, 0.3) is 11.8 Å². The van der Waals surface area contributed by atoms with Gasteiger partial charge in [-0.05, 0) is 49.2 Å². The number of hydrogen-bond donors (Lipinski definition) is 0. The Morgan fingerprint density at radius 3 is 2.50 bits per heavy atom. The average molecular weight is 451 g/mol. The quantitative estimate of drug-likeness (QED) is 0.486. The summed E-state index contributed by atoms with van der Waals surface area (Å²) in [6.07, 6.45) is 2.65. The van der Waals surface area contributed by atoms with Crippen molar-refractivity contribution in [2.24, 2.45) is 0 Å². The third kappa shape index (κ3) is 5.56. The van der Waals surface area contributed by atoms with E-state index in [-0.39, 0.29) is 11.8 Å². The minimum absolute atomic E-state index is 0.0563. The molecule has 166 valence electrons. The highest BCUT2D eigenvalue weighted by Crippen LogP contribution is 2.20. The van der Waals surface area contributed by atoms with Gasteiger partial charge in [-0.25, -0.2) is 0 Å². The fourth-order valence-electron chi connectivity index (χ4n) is 3.50. The molecule has 3 aromatic rings. The maximum atomic E-state index is 12.5. The number of thioether (sulfide) groups is 1. The largest absolute Gasteiger partial charge is 0.345 e. The predicted octanol–water partition coefficient (Wildman–Crippen LogP) is 3.77. The van der Waals surface area contributed by atoms with Crippen molar-refractivity contribution in [2.45, 2.75) is 24.2 Å². The first-order chi connectivity index (χ1) is 15.6. The summed E-state index contributed by atoms with van der Waals surface area (Å²) >= 11 is 1.52. The number of rotatable bonds is 8. The molecule has 0 atom stereocenters. The molecule has 0 N–H and O–H groups in total. The molecule has 1 saturated heterocycles. The van der Waals surface area contributed by atoms with Crippen molar-refractivity contribution in [3.8, 4) is 11.5 Å². The first kappa shape index (κ1) is 22.1. The summed E-state index contributed by atoms with van der Waals surface area (Å²) in [5.74, 6) is 1.47. The molecule has 0 radical (unpaired) electrons. The van der Waals surface area contributed by atoms with Crippen LogP contribution in [0.5, 0.6) is 0 Å². The Bertz CT molecular complexity index is 1050. The van der Waals surface area contributed by atoms with E-state index < -0.39 is 0 Å². The normalized spacial score (nSPS) is 13.3. The van der Waals surface area contributed by atoms with E-state index in [1.54, 1.807) is 24.1 Å². The van der Waals surface area contributed by atoms with Crippen molar-refractivity contribution in [3.63, 3.8) is 0 Å². The zero-order valence-corrected chi connectivity index (χ0v) is 18.9. The molecule has 32 heavy (non-hydrogen) atoms. The number of nitrogens with zero attached hydrogens (tertiary/aromatic N) is 4. The van der Waals surface area contributed by atoms with Gasteiger partial charge in [0.2, 0.25) is 5.91 Å². The van der Waals surface area contributed by atoms with E-state index >= 15 is 0 Å². The van der Waals surface area contributed by atoms with Crippen LogP contribution in [0.4, 0.5) is 0 Å². The molecule has 8 heteroatoms. The van der Waals surface area contributed by atoms with Crippen molar-refractivity contribution in [3.05, 3.63) is 66.0 Å². The van der Waals surface area contributed by atoms with Crippen LogP contribution >= 0.6 is 11.8 Å². The second-order valence-corrected chi connectivity index (χ2v) is 8.81. The molecule has 1 fully saturated rings. The first-order valence-corrected chi connectivity index (χ1v) is 11.7. The summed E-state index contributed by atoms with van der Waals surface area (Å²) in [5.41, 5.74) is 1.44. The van der Waals surface area contributed by atoms with Gasteiger partial charge in [-0.2, -0.15) is 4.98 Å². The van der Waals surface area contributed by atoms with Gasteiger partial charge in [-0.15, -0.1) is 11.8 Å². The van der Waals surface area contributed by atoms with E-state index in [4.69, 9.17) is 4.52 Å². The predicted molar refractivity (Wildman–Crippen MR) is 123 cm³/mol. The number of hydrogen-bond acceptors (Lipinski definition) is 6. The second-order valence-electron chi connectivity index (χ2n) is 7.76. The van der Waals surface area contributed by atoms with Gasteiger partial charge < -0.3 is 14.3 Å². The van der Waals surface area contributed by atoms with Crippen molar-refractivity contribution in [1.82, 2.24) is 19.9 Å². The van der Waals surface area contributed by atoms with Crippen molar-refractivity contribution in [1.29, 1.82) is 0 Å². The molecule has 0 aliphatic carbocycles. The minimum atomic E-state index is 0.0563. The highest BCUT2D eigenvalue weighted by Gasteiger charge is 2.20. The Kier molecular flexibility index (Phi) is 7.21. The molecular weight excluding hydrogens is 424 g/mol. The number of carbonyl (C=O) groups excluding carboxylic acids is 2. The maximum absolute atomic E-state index is 12.5. The fraction of sp³-hybridized carbons (Fsp3) is 0.333. The molecule has 1 aliphatic rings. The van der Waals surface area contributed by atoms with Crippen LogP contribution in [0.1, 0.15) is 29.0 Å². The lowest BCUT2D eigenvalue weighted by atomic mass is 10.1. The highest BCUT2D eigenvalue weighted by molar-refractivity contribution is 8.00. The SMILES string of the molecule is CN(CCc1noc(-c2ccc(C(=O)N3CCCC3)cc2)n1)C(=O)CSc1ccccc1. The first-order valence-electron chi connectivity index (χ1n) is 10.7. The van der Waals surface area contributed by atoms with Crippen molar-refractivity contribution in [2.75, 3.05) is 32.4 Å². The van der Waals surface area contributed by atoms with Gasteiger partial charge in [0.15, 0.2) is 5.82 Å². The van der Waals surface area contributed by atoms with Gasteiger partial charge in [-0.1, -0.05) is 23.4 Å². The van der Waals surface area contributed by atoms with Crippen LogP contribution in [-0.2, 0) is 11.2 Å². The van der Waals surface area contributed by atoms with Crippen LogP contribution in [-0.4, -0.2) is 64.2 Å². The Morgan fingerprint density at radius 1 is 1.06 bits per heavy atom. The topological polar surface area (TPSA) is 79.5 Å². The van der Waals surface area contributed by atoms with Crippen LogP contribution in [0.2, 0.25) is 0 Å². The number of likely N-dealkylation sites (tertiary alicyclic amines) is 1. The Morgan fingerprint density at radius 2 is 1.78 bits per heavy atom. The van der Waals surface area contributed by atoms with E-state index in [0.29, 0.717) is 36.0 Å². The zero-order chi connectivity index (χ0) is 22.3. The third-order valence-corrected chi connectivity index (χ3v) is 6.44. The molecule has 1 aliphatic heterocycles. The average Bonchev–Trinajstić information content (AvgIpc) is 3.54. The molecule has 4 rings (SSSR count). The molecule has 0 saturated carbocycles. The standard InChI is InChI=1S/C24H26N4O3S/c1-27(22(29)17-32-20-7-3-2-4-8-20)16-13-21-25-23(31-26-21)18-9-11-19(12-10-18)24(30)28-14-5-6-15-28/h2-4,7-12H,5-6,13-17H2,1H3. The molecule has 0 bridgehead atoms. The summed E-state index contributed by atoms with van der Waals surface area (Å²) in [7, 11) is 1.78. The highest BCUT2D eigenvalue weighted by atomic mass is 32.2. The van der Waals surface area contributed by atoms with Gasteiger partial charge in [0.05, 0.1) is 5.75 Å². The number of likely N-dealkylation sites (N-methyl/N-ethyl adjacent to an activating group) is 1. The van der Waals surface area contributed by atoms with Gasteiger partial charge in [0, 0.05) is 49.1 Å². The summed E-state index contributed by atoms with van der Waals surface area (Å²) in [6, 6.07) is 17.1. The molecule has 7 nitrogen and oxygen atoms in total. The number of benzene rings is 2. The van der Waals surface area contributed by atoms with E-state index in [2.05, 4.69) is 10.1 Å². The lowest BCUT2D eigenvalue weighted by Gasteiger charge is -2.15. The summed E-state index contributed by atoms with van der Waals surface area (Å²) < 4.78 is 5.38. The van der Waals surface area contributed by atoms with Gasteiger partial charge >= 0.3 is 0 Å². The van der Waals surface area contributed by atoms with E-state index in [1.807, 2.05) is 47.4 Å². The maximum Gasteiger partial charge on any atom is 0.257 e. The minimum Gasteiger partial charge on any atom is -0.345 e. The molecule has 2 heterocycles. The second kappa shape index (κ2) is 10.5. The third-order valence-electron chi connectivity index (χ3n) is 5.44. The molecule has 2 aromatic carbocycles. The summed E-state index contributed by atoms with van der Waals surface area (Å²) in [5, 5.41) is 4.03. The van der Waals surface area contributed by atoms with Crippen LogP contribution in [0.25, 0.3) is 11.5 Å². The summed E-state index contributed by atoms with van der Waals surface area (Å²) in [6.45, 7) is 2.17. The Labute approximate surface area is 191 Å². The number of carbonyl (C=O) groups is 2. The number of aromatic nitrogens is 2. The molecule has 0 unspecified atom stereocenters. The number of amides is 2. The molecule has 1 aromatic heterocycles. The lowest BCUT2D eigenvalue weighted by Crippen LogP contribution is -2.30. The Hall–Kier alpha value is -3.13. The van der Waals surface area contributed by atoms with Crippen LogP contribution in [0.15, 0.2) is 64.0 Å². The summed E-state index contributed by atoms with van der Waals surface area (Å²) in [4.78, 5) is 33.9. The van der Waals surface area contributed by atoms with E-state index in [1.165, 1.54) is 11.8 Å². The Balaban J connectivity index is 1.28. The molecule has 0 spiro atoms. The van der Waals surface area contributed by atoms with Crippen LogP contribution in [0.3, 0.4) is 0 Å². The monoisotopic (exact) mass is 450 g/mol. The van der Waals surface area contributed by atoms with Crippen LogP contribution < -0.4 is 0 Å². The molecule has 2 amide bonds. The van der Waals surface area contributed by atoms with Gasteiger partial charge in [-0.3, -0.25) is 9.59 Å². The lowest BCUT2D eigenvalue weighted by molar-refractivity contribution is -0.127. The van der Waals surface area contributed by atoms with Crippen molar-refractivity contribution >= 4 is 23.6 Å².